The molecule has 0 heterocycles. The third-order valence-electron chi connectivity index (χ3n) is 2.70. The molecule has 86 valence electrons. The van der Waals surface area contributed by atoms with Gasteiger partial charge in [-0.15, -0.1) is 11.6 Å². The first kappa shape index (κ1) is 12.6. The smallest absolute Gasteiger partial charge is 0.114 e. The molecule has 0 fully saturated rings. The van der Waals surface area contributed by atoms with Crippen LogP contribution in [-0.4, -0.2) is 25.2 Å². The molecule has 0 aromatic carbocycles. The average molecular weight is 231 g/mol. The number of allylic oxidation sites excluding steroid dienone is 1. The van der Waals surface area contributed by atoms with Crippen molar-refractivity contribution in [3.63, 3.8) is 0 Å². The summed E-state index contributed by atoms with van der Waals surface area (Å²) in [5, 5.41) is 0. The van der Waals surface area contributed by atoms with Crippen LogP contribution in [0.5, 0.6) is 0 Å². The molecule has 1 unspecified atom stereocenters. The van der Waals surface area contributed by atoms with Crippen molar-refractivity contribution < 1.29 is 9.47 Å². The number of rotatable bonds is 6. The molecule has 0 saturated heterocycles. The first-order chi connectivity index (χ1) is 7.26. The zero-order valence-electron chi connectivity index (χ0n) is 9.46. The molecule has 0 amide bonds. The lowest BCUT2D eigenvalue weighted by Gasteiger charge is -2.31. The topological polar surface area (TPSA) is 18.5 Å². The molecule has 15 heavy (non-hydrogen) atoms. The summed E-state index contributed by atoms with van der Waals surface area (Å²) in [6.07, 6.45) is 8.90. The fourth-order valence-corrected chi connectivity index (χ4v) is 1.71. The highest BCUT2D eigenvalue weighted by atomic mass is 35.5. The molecule has 1 aliphatic rings. The summed E-state index contributed by atoms with van der Waals surface area (Å²) >= 11 is 5.62. The van der Waals surface area contributed by atoms with Crippen molar-refractivity contribution in [3.05, 3.63) is 24.0 Å². The van der Waals surface area contributed by atoms with Crippen LogP contribution in [0.15, 0.2) is 24.0 Å². The molecule has 0 radical (unpaired) electrons. The van der Waals surface area contributed by atoms with Gasteiger partial charge in [0.2, 0.25) is 0 Å². The monoisotopic (exact) mass is 230 g/mol. The number of methoxy groups -OCH3 is 1. The predicted molar refractivity (Wildman–Crippen MR) is 63.2 cm³/mol. The van der Waals surface area contributed by atoms with Crippen LogP contribution in [0.3, 0.4) is 0 Å². The van der Waals surface area contributed by atoms with Gasteiger partial charge in [-0.3, -0.25) is 0 Å². The minimum absolute atomic E-state index is 0.145. The molecule has 3 heteroatoms. The van der Waals surface area contributed by atoms with Gasteiger partial charge in [0, 0.05) is 18.9 Å². The summed E-state index contributed by atoms with van der Waals surface area (Å²) in [7, 11) is 1.68. The first-order valence-electron chi connectivity index (χ1n) is 5.39. The SMILES string of the molecule is CCC1(OCCCCl)C=CC(OC)=CC1. The molecule has 0 bridgehead atoms. The summed E-state index contributed by atoms with van der Waals surface area (Å²) in [5.74, 6) is 1.57. The van der Waals surface area contributed by atoms with Crippen molar-refractivity contribution in [2.45, 2.75) is 31.8 Å². The molecule has 0 spiro atoms. The highest BCUT2D eigenvalue weighted by molar-refractivity contribution is 6.17. The van der Waals surface area contributed by atoms with Crippen LogP contribution in [0.1, 0.15) is 26.2 Å². The third kappa shape index (κ3) is 3.54. The molecule has 0 saturated carbocycles. The Kier molecular flexibility index (Phi) is 5.20. The Hall–Kier alpha value is -0.470. The van der Waals surface area contributed by atoms with Crippen LogP contribution in [0, 0.1) is 0 Å². The third-order valence-corrected chi connectivity index (χ3v) is 2.97. The van der Waals surface area contributed by atoms with Gasteiger partial charge >= 0.3 is 0 Å². The van der Waals surface area contributed by atoms with E-state index >= 15 is 0 Å². The lowest BCUT2D eigenvalue weighted by atomic mass is 9.91. The van der Waals surface area contributed by atoms with E-state index in [1.54, 1.807) is 7.11 Å². The van der Waals surface area contributed by atoms with Crippen LogP contribution in [0.2, 0.25) is 0 Å². The standard InChI is InChI=1S/C12H19ClO2/c1-3-12(15-10-4-9-13)7-5-11(14-2)6-8-12/h5-7H,3-4,8-10H2,1-2H3. The van der Waals surface area contributed by atoms with Gasteiger partial charge in [-0.05, 0) is 31.1 Å². The van der Waals surface area contributed by atoms with E-state index in [-0.39, 0.29) is 5.60 Å². The normalized spacial score (nSPS) is 25.1. The summed E-state index contributed by atoms with van der Waals surface area (Å²) in [4.78, 5) is 0. The molecule has 0 aromatic heterocycles. The number of halogens is 1. The molecule has 0 aliphatic heterocycles. The molecule has 1 rings (SSSR count). The van der Waals surface area contributed by atoms with Crippen LogP contribution < -0.4 is 0 Å². The minimum Gasteiger partial charge on any atom is -0.497 e. The first-order valence-corrected chi connectivity index (χ1v) is 5.93. The van der Waals surface area contributed by atoms with Crippen LogP contribution in [-0.2, 0) is 9.47 Å². The quantitative estimate of drug-likeness (QED) is 0.515. The zero-order valence-corrected chi connectivity index (χ0v) is 10.2. The number of hydrogen-bond donors (Lipinski definition) is 0. The van der Waals surface area contributed by atoms with Crippen LogP contribution in [0.4, 0.5) is 0 Å². The van der Waals surface area contributed by atoms with Crippen LogP contribution in [0.25, 0.3) is 0 Å². The Labute approximate surface area is 96.9 Å². The van der Waals surface area contributed by atoms with E-state index in [1.165, 1.54) is 0 Å². The largest absolute Gasteiger partial charge is 0.497 e. The molecule has 0 aromatic rings. The maximum Gasteiger partial charge on any atom is 0.114 e. The Bertz CT molecular complexity index is 248. The van der Waals surface area contributed by atoms with Gasteiger partial charge in [-0.2, -0.15) is 0 Å². The lowest BCUT2D eigenvalue weighted by molar-refractivity contribution is -0.0105. The molecular formula is C12H19ClO2. The van der Waals surface area contributed by atoms with Crippen molar-refractivity contribution in [1.29, 1.82) is 0 Å². The number of ether oxygens (including phenoxy) is 2. The van der Waals surface area contributed by atoms with E-state index in [0.717, 1.165) is 31.6 Å². The zero-order chi connectivity index (χ0) is 11.1. The summed E-state index contributed by atoms with van der Waals surface area (Å²) in [6, 6.07) is 0. The van der Waals surface area contributed by atoms with Crippen molar-refractivity contribution in [2.75, 3.05) is 19.6 Å². The van der Waals surface area contributed by atoms with Gasteiger partial charge < -0.3 is 9.47 Å². The highest BCUT2D eigenvalue weighted by Gasteiger charge is 2.27. The van der Waals surface area contributed by atoms with E-state index in [1.807, 2.05) is 6.08 Å². The maximum atomic E-state index is 5.88. The molecular weight excluding hydrogens is 212 g/mol. The van der Waals surface area contributed by atoms with Crippen molar-refractivity contribution in [3.8, 4) is 0 Å². The number of hydrogen-bond acceptors (Lipinski definition) is 2. The van der Waals surface area contributed by atoms with E-state index in [9.17, 15) is 0 Å². The molecule has 0 N–H and O–H groups in total. The fourth-order valence-electron chi connectivity index (χ4n) is 1.60. The Balaban J connectivity index is 2.50. The van der Waals surface area contributed by atoms with Gasteiger partial charge in [-0.1, -0.05) is 6.92 Å². The average Bonchev–Trinajstić information content (AvgIpc) is 2.30. The Morgan fingerprint density at radius 1 is 1.53 bits per heavy atom. The van der Waals surface area contributed by atoms with Crippen molar-refractivity contribution in [2.24, 2.45) is 0 Å². The highest BCUT2D eigenvalue weighted by Crippen LogP contribution is 2.28. The second-order valence-corrected chi connectivity index (χ2v) is 4.04. The fraction of sp³-hybridized carbons (Fsp3) is 0.667. The minimum atomic E-state index is -0.145. The van der Waals surface area contributed by atoms with E-state index in [2.05, 4.69) is 19.1 Å². The second kappa shape index (κ2) is 6.19. The lowest BCUT2D eigenvalue weighted by Crippen LogP contribution is -2.31. The second-order valence-electron chi connectivity index (χ2n) is 3.66. The maximum absolute atomic E-state index is 5.88. The summed E-state index contributed by atoms with van der Waals surface area (Å²) in [5.41, 5.74) is -0.145. The van der Waals surface area contributed by atoms with E-state index < -0.39 is 0 Å². The van der Waals surface area contributed by atoms with Gasteiger partial charge in [0.05, 0.1) is 12.7 Å². The van der Waals surface area contributed by atoms with Crippen LogP contribution >= 0.6 is 11.6 Å². The van der Waals surface area contributed by atoms with Gasteiger partial charge in [0.15, 0.2) is 0 Å². The van der Waals surface area contributed by atoms with Gasteiger partial charge in [0.25, 0.3) is 0 Å². The molecule has 2 nitrogen and oxygen atoms in total. The Morgan fingerprint density at radius 2 is 2.33 bits per heavy atom. The van der Waals surface area contributed by atoms with Crippen molar-refractivity contribution in [1.82, 2.24) is 0 Å². The Morgan fingerprint density at radius 3 is 2.80 bits per heavy atom. The van der Waals surface area contributed by atoms with Gasteiger partial charge in [0.1, 0.15) is 5.76 Å². The predicted octanol–water partition coefficient (Wildman–Crippen LogP) is 3.27. The van der Waals surface area contributed by atoms with E-state index in [4.69, 9.17) is 21.1 Å². The van der Waals surface area contributed by atoms with E-state index in [0.29, 0.717) is 5.88 Å². The number of alkyl halides is 1. The molecule has 1 atom stereocenters. The summed E-state index contributed by atoms with van der Waals surface area (Å²) < 4.78 is 11.0. The van der Waals surface area contributed by atoms with Gasteiger partial charge in [-0.25, -0.2) is 0 Å². The van der Waals surface area contributed by atoms with Crippen molar-refractivity contribution >= 4 is 11.6 Å². The summed E-state index contributed by atoms with van der Waals surface area (Å²) in [6.45, 7) is 2.86. The molecule has 1 aliphatic carbocycles.